The minimum atomic E-state index is -0.319. The van der Waals surface area contributed by atoms with Crippen LogP contribution in [0.25, 0.3) is 0 Å². The van der Waals surface area contributed by atoms with Crippen LogP contribution in [0, 0.1) is 0 Å². The number of anilines is 1. The number of halogens is 1. The molecule has 0 spiro atoms. The fraction of sp³-hybridized carbons (Fsp3) is 0.211. The van der Waals surface area contributed by atoms with Gasteiger partial charge in [0.1, 0.15) is 5.75 Å². The smallest absolute Gasteiger partial charge is 0.240 e. The summed E-state index contributed by atoms with van der Waals surface area (Å²) in [7, 11) is 0. The van der Waals surface area contributed by atoms with Gasteiger partial charge >= 0.3 is 0 Å². The number of carbonyl (C=O) groups excluding carboxylic acids is 2. The molecular weight excluding hydrogens is 398 g/mol. The van der Waals surface area contributed by atoms with E-state index >= 15 is 0 Å². The Hall–Kier alpha value is -2.67. The summed E-state index contributed by atoms with van der Waals surface area (Å²) in [4.78, 5) is 23.6. The number of hydrogen-bond donors (Lipinski definition) is 2. The summed E-state index contributed by atoms with van der Waals surface area (Å²) in [6, 6.07) is 14.6. The maximum absolute atomic E-state index is 11.9. The zero-order chi connectivity index (χ0) is 18.8. The van der Waals surface area contributed by atoms with Crippen LogP contribution >= 0.6 is 15.9 Å². The number of ether oxygens (including phenoxy) is 1. The molecule has 0 aliphatic carbocycles. The van der Waals surface area contributed by atoms with Crippen LogP contribution in [-0.2, 0) is 9.59 Å². The molecule has 0 saturated carbocycles. The summed E-state index contributed by atoms with van der Waals surface area (Å²) in [5, 5.41) is 6.61. The lowest BCUT2D eigenvalue weighted by atomic mass is 10.2. The molecule has 0 aliphatic rings. The van der Waals surface area contributed by atoms with Gasteiger partial charge in [0.15, 0.2) is 0 Å². The van der Waals surface area contributed by atoms with Crippen molar-refractivity contribution >= 4 is 39.6 Å². The molecule has 0 saturated heterocycles. The predicted molar refractivity (Wildman–Crippen MR) is 105 cm³/mol. The third-order valence-electron chi connectivity index (χ3n) is 3.30. The number of benzene rings is 2. The number of hydrogen-bond acceptors (Lipinski definition) is 4. The highest BCUT2D eigenvalue weighted by molar-refractivity contribution is 9.10. The molecule has 26 heavy (non-hydrogen) atoms. The minimum Gasteiger partial charge on any atom is -0.494 e. The highest BCUT2D eigenvalue weighted by atomic mass is 79.9. The minimum absolute atomic E-state index is 0.0561. The summed E-state index contributed by atoms with van der Waals surface area (Å²) in [5.41, 5.74) is 3.93. The highest BCUT2D eigenvalue weighted by Gasteiger charge is 2.07. The summed E-state index contributed by atoms with van der Waals surface area (Å²) in [5.74, 6) is 0.190. The van der Waals surface area contributed by atoms with Crippen molar-refractivity contribution in [2.45, 2.75) is 19.8 Å². The fourth-order valence-corrected chi connectivity index (χ4v) is 2.30. The summed E-state index contributed by atoms with van der Waals surface area (Å²) in [6.07, 6.45) is 1.68. The van der Waals surface area contributed by atoms with E-state index in [1.54, 1.807) is 30.5 Å². The van der Waals surface area contributed by atoms with Gasteiger partial charge in [0, 0.05) is 23.0 Å². The van der Waals surface area contributed by atoms with E-state index in [0.717, 1.165) is 15.8 Å². The molecule has 0 fully saturated rings. The van der Waals surface area contributed by atoms with Crippen molar-refractivity contribution in [1.82, 2.24) is 5.43 Å². The van der Waals surface area contributed by atoms with Gasteiger partial charge in [0.2, 0.25) is 11.8 Å². The Morgan fingerprint density at radius 2 is 1.69 bits per heavy atom. The van der Waals surface area contributed by atoms with Crippen molar-refractivity contribution in [2.75, 3.05) is 11.9 Å². The third kappa shape index (κ3) is 7.06. The quantitative estimate of drug-likeness (QED) is 0.507. The number of rotatable bonds is 8. The molecule has 2 aromatic carbocycles. The van der Waals surface area contributed by atoms with E-state index in [2.05, 4.69) is 31.8 Å². The zero-order valence-corrected chi connectivity index (χ0v) is 16.0. The van der Waals surface area contributed by atoms with Gasteiger partial charge < -0.3 is 10.1 Å². The Morgan fingerprint density at radius 1 is 1.04 bits per heavy atom. The lowest BCUT2D eigenvalue weighted by molar-refractivity contribution is -0.124. The standard InChI is InChI=1S/C19H20BrN3O3/c1-2-26-17-9-7-16(8-10-17)22-18(24)11-12-19(25)23-21-13-14-3-5-15(20)6-4-14/h3-10,13H,2,11-12H2,1H3,(H,22,24)(H,23,25). The van der Waals surface area contributed by atoms with Crippen LogP contribution in [0.15, 0.2) is 58.1 Å². The second kappa shape index (κ2) is 10.4. The van der Waals surface area contributed by atoms with Crippen molar-refractivity contribution < 1.29 is 14.3 Å². The van der Waals surface area contributed by atoms with Crippen LogP contribution in [0.3, 0.4) is 0 Å². The number of hydrazone groups is 1. The maximum Gasteiger partial charge on any atom is 0.240 e. The average Bonchev–Trinajstić information content (AvgIpc) is 2.63. The van der Waals surface area contributed by atoms with E-state index in [4.69, 9.17) is 4.74 Å². The molecule has 2 amide bonds. The Kier molecular flexibility index (Phi) is 7.82. The molecule has 7 heteroatoms. The first-order valence-electron chi connectivity index (χ1n) is 8.17. The van der Waals surface area contributed by atoms with Crippen molar-refractivity contribution in [3.8, 4) is 5.75 Å². The molecule has 6 nitrogen and oxygen atoms in total. The predicted octanol–water partition coefficient (Wildman–Crippen LogP) is 3.72. The number of nitrogens with one attached hydrogen (secondary N) is 2. The van der Waals surface area contributed by atoms with Gasteiger partial charge in [-0.1, -0.05) is 28.1 Å². The summed E-state index contributed by atoms with van der Waals surface area (Å²) < 4.78 is 6.31. The molecule has 0 aliphatic heterocycles. The number of carbonyl (C=O) groups is 2. The third-order valence-corrected chi connectivity index (χ3v) is 3.83. The normalized spacial score (nSPS) is 10.5. The van der Waals surface area contributed by atoms with E-state index in [9.17, 15) is 9.59 Å². The molecule has 0 unspecified atom stereocenters. The average molecular weight is 418 g/mol. The van der Waals surface area contributed by atoms with E-state index in [1.807, 2.05) is 31.2 Å². The fourth-order valence-electron chi connectivity index (χ4n) is 2.04. The first-order chi connectivity index (χ1) is 12.6. The van der Waals surface area contributed by atoms with Gasteiger partial charge in [0.05, 0.1) is 12.8 Å². The molecule has 136 valence electrons. The Labute approximate surface area is 160 Å². The zero-order valence-electron chi connectivity index (χ0n) is 14.4. The maximum atomic E-state index is 11.9. The van der Waals surface area contributed by atoms with Crippen molar-refractivity contribution in [2.24, 2.45) is 5.10 Å². The SMILES string of the molecule is CCOc1ccc(NC(=O)CCC(=O)NN=Cc2ccc(Br)cc2)cc1. The molecule has 0 heterocycles. The molecule has 0 radical (unpaired) electrons. The summed E-state index contributed by atoms with van der Waals surface area (Å²) >= 11 is 3.35. The number of amides is 2. The second-order valence-electron chi connectivity index (χ2n) is 5.35. The van der Waals surface area contributed by atoms with Crippen molar-refractivity contribution in [3.63, 3.8) is 0 Å². The van der Waals surface area contributed by atoms with Gasteiger partial charge in [0.25, 0.3) is 0 Å². The van der Waals surface area contributed by atoms with Gasteiger partial charge in [-0.25, -0.2) is 5.43 Å². The van der Waals surface area contributed by atoms with Gasteiger partial charge in [-0.3, -0.25) is 9.59 Å². The van der Waals surface area contributed by atoms with Crippen LogP contribution in [0.1, 0.15) is 25.3 Å². The van der Waals surface area contributed by atoms with E-state index in [1.165, 1.54) is 0 Å². The molecule has 0 aromatic heterocycles. The molecule has 2 aromatic rings. The largest absolute Gasteiger partial charge is 0.494 e. The first-order valence-corrected chi connectivity index (χ1v) is 8.96. The van der Waals surface area contributed by atoms with Crippen molar-refractivity contribution in [3.05, 3.63) is 58.6 Å². The van der Waals surface area contributed by atoms with E-state index in [0.29, 0.717) is 12.3 Å². The first kappa shape index (κ1) is 19.7. The Morgan fingerprint density at radius 3 is 2.35 bits per heavy atom. The topological polar surface area (TPSA) is 79.8 Å². The highest BCUT2D eigenvalue weighted by Crippen LogP contribution is 2.15. The number of nitrogens with zero attached hydrogens (tertiary/aromatic N) is 1. The van der Waals surface area contributed by atoms with Crippen molar-refractivity contribution in [1.29, 1.82) is 0 Å². The van der Waals surface area contributed by atoms with Crippen LogP contribution in [0.5, 0.6) is 5.75 Å². The molecular formula is C19H20BrN3O3. The lowest BCUT2D eigenvalue weighted by Gasteiger charge is -2.07. The molecule has 0 atom stereocenters. The van der Waals surface area contributed by atoms with Gasteiger partial charge in [-0.05, 0) is 48.9 Å². The molecule has 2 N–H and O–H groups in total. The summed E-state index contributed by atoms with van der Waals surface area (Å²) in [6.45, 7) is 2.49. The molecule has 2 rings (SSSR count). The van der Waals surface area contributed by atoms with Gasteiger partial charge in [-0.15, -0.1) is 0 Å². The van der Waals surface area contributed by atoms with Gasteiger partial charge in [-0.2, -0.15) is 5.10 Å². The van der Waals surface area contributed by atoms with E-state index < -0.39 is 0 Å². The van der Waals surface area contributed by atoms with E-state index in [-0.39, 0.29) is 24.7 Å². The Bertz CT molecular complexity index is 759. The Balaban J connectivity index is 1.70. The second-order valence-corrected chi connectivity index (χ2v) is 6.27. The lowest BCUT2D eigenvalue weighted by Crippen LogP contribution is -2.20. The monoisotopic (exact) mass is 417 g/mol. The molecule has 0 bridgehead atoms. The van der Waals surface area contributed by atoms with Crippen LogP contribution < -0.4 is 15.5 Å². The van der Waals surface area contributed by atoms with Crippen LogP contribution in [0.2, 0.25) is 0 Å². The van der Waals surface area contributed by atoms with Crippen LogP contribution in [0.4, 0.5) is 5.69 Å². The van der Waals surface area contributed by atoms with Crippen LogP contribution in [-0.4, -0.2) is 24.6 Å².